The minimum absolute atomic E-state index is 0.105. The van der Waals surface area contributed by atoms with Gasteiger partial charge in [-0.1, -0.05) is 18.6 Å². The van der Waals surface area contributed by atoms with Gasteiger partial charge in [0.05, 0.1) is 7.11 Å². The number of hydrogen-bond acceptors (Lipinski definition) is 4. The topological polar surface area (TPSA) is 92.7 Å². The Morgan fingerprint density at radius 3 is 2.60 bits per heavy atom. The number of sulfonamides is 1. The van der Waals surface area contributed by atoms with Crippen molar-refractivity contribution in [2.75, 3.05) is 13.7 Å². The van der Waals surface area contributed by atoms with Gasteiger partial charge in [0.1, 0.15) is 10.6 Å². The van der Waals surface area contributed by atoms with Crippen LogP contribution in [0.3, 0.4) is 0 Å². The van der Waals surface area contributed by atoms with E-state index >= 15 is 0 Å². The van der Waals surface area contributed by atoms with Crippen LogP contribution in [-0.4, -0.2) is 33.1 Å². The van der Waals surface area contributed by atoms with Crippen LogP contribution < -0.4 is 9.46 Å². The summed E-state index contributed by atoms with van der Waals surface area (Å²) < 4.78 is 31.6. The largest absolute Gasteiger partial charge is 0.495 e. The van der Waals surface area contributed by atoms with E-state index < -0.39 is 16.0 Å². The predicted molar refractivity (Wildman–Crippen MR) is 74.3 cm³/mol. The summed E-state index contributed by atoms with van der Waals surface area (Å²) in [5, 5.41) is 8.48. The van der Waals surface area contributed by atoms with Crippen molar-refractivity contribution in [2.24, 2.45) is 0 Å². The summed E-state index contributed by atoms with van der Waals surface area (Å²) in [7, 11) is -2.18. The molecule has 1 rings (SSSR count). The Bertz CT molecular complexity index is 541. The first-order valence-electron chi connectivity index (χ1n) is 6.32. The number of para-hydroxylation sites is 1. The number of nitrogens with one attached hydrogen (secondary N) is 1. The third kappa shape index (κ3) is 5.18. The van der Waals surface area contributed by atoms with Gasteiger partial charge in [-0.05, 0) is 25.0 Å². The molecular weight excluding hydrogens is 282 g/mol. The van der Waals surface area contributed by atoms with E-state index in [1.807, 2.05) is 0 Å². The quantitative estimate of drug-likeness (QED) is 0.676. The summed E-state index contributed by atoms with van der Waals surface area (Å²) in [5.74, 6) is -0.537. The first-order valence-corrected chi connectivity index (χ1v) is 7.80. The van der Waals surface area contributed by atoms with E-state index in [9.17, 15) is 13.2 Å². The lowest BCUT2D eigenvalue weighted by molar-refractivity contribution is -0.137. The van der Waals surface area contributed by atoms with Gasteiger partial charge in [-0.15, -0.1) is 0 Å². The second kappa shape index (κ2) is 7.86. The van der Waals surface area contributed by atoms with Crippen LogP contribution >= 0.6 is 0 Å². The van der Waals surface area contributed by atoms with Gasteiger partial charge in [0, 0.05) is 13.0 Å². The van der Waals surface area contributed by atoms with Gasteiger partial charge in [-0.25, -0.2) is 13.1 Å². The molecule has 0 spiro atoms. The van der Waals surface area contributed by atoms with Crippen molar-refractivity contribution in [3.8, 4) is 5.75 Å². The van der Waals surface area contributed by atoms with Crippen LogP contribution in [-0.2, 0) is 14.8 Å². The average molecular weight is 301 g/mol. The van der Waals surface area contributed by atoms with E-state index in [-0.39, 0.29) is 17.9 Å². The Hall–Kier alpha value is -1.60. The first kappa shape index (κ1) is 16.5. The molecule has 0 radical (unpaired) electrons. The molecule has 6 nitrogen and oxygen atoms in total. The van der Waals surface area contributed by atoms with Crippen molar-refractivity contribution in [2.45, 2.75) is 30.6 Å². The van der Waals surface area contributed by atoms with Gasteiger partial charge in [0.15, 0.2) is 0 Å². The number of carbonyl (C=O) groups is 1. The molecule has 20 heavy (non-hydrogen) atoms. The molecule has 0 bridgehead atoms. The van der Waals surface area contributed by atoms with Crippen molar-refractivity contribution in [1.29, 1.82) is 0 Å². The Kier molecular flexibility index (Phi) is 6.47. The molecule has 0 fully saturated rings. The standard InChI is InChI=1S/C13H19NO5S/c1-19-11-7-4-5-8-12(11)20(17,18)14-10-6-2-3-9-13(15)16/h4-5,7-8,14H,2-3,6,9-10H2,1H3,(H,15,16). The number of aliphatic carboxylic acids is 1. The van der Waals surface area contributed by atoms with Crippen LogP contribution in [0.4, 0.5) is 0 Å². The molecule has 0 unspecified atom stereocenters. The van der Waals surface area contributed by atoms with Gasteiger partial charge < -0.3 is 9.84 Å². The predicted octanol–water partition coefficient (Wildman–Crippen LogP) is 1.62. The highest BCUT2D eigenvalue weighted by atomic mass is 32.2. The summed E-state index contributed by atoms with van der Waals surface area (Å²) in [6.07, 6.45) is 1.92. The highest BCUT2D eigenvalue weighted by molar-refractivity contribution is 7.89. The van der Waals surface area contributed by atoms with Crippen molar-refractivity contribution in [3.63, 3.8) is 0 Å². The Morgan fingerprint density at radius 1 is 1.25 bits per heavy atom. The number of hydrogen-bond donors (Lipinski definition) is 2. The minimum atomic E-state index is -3.60. The van der Waals surface area contributed by atoms with Crippen molar-refractivity contribution >= 4 is 16.0 Å². The summed E-state index contributed by atoms with van der Waals surface area (Å²) in [6.45, 7) is 0.278. The van der Waals surface area contributed by atoms with Crippen LogP contribution in [0.5, 0.6) is 5.75 Å². The third-order valence-corrected chi connectivity index (χ3v) is 4.22. The SMILES string of the molecule is COc1ccccc1S(=O)(=O)NCCCCCC(=O)O. The second-order valence-corrected chi connectivity index (χ2v) is 5.99. The van der Waals surface area contributed by atoms with Crippen LogP contribution in [0.1, 0.15) is 25.7 Å². The summed E-state index contributed by atoms with van der Waals surface area (Å²) >= 11 is 0. The van der Waals surface area contributed by atoms with E-state index in [0.29, 0.717) is 25.0 Å². The van der Waals surface area contributed by atoms with Crippen molar-refractivity contribution in [1.82, 2.24) is 4.72 Å². The molecule has 0 atom stereocenters. The molecule has 112 valence electrons. The van der Waals surface area contributed by atoms with E-state index in [1.54, 1.807) is 18.2 Å². The summed E-state index contributed by atoms with van der Waals surface area (Å²) in [5.41, 5.74) is 0. The zero-order chi connectivity index (χ0) is 15.0. The molecule has 2 N–H and O–H groups in total. The number of rotatable bonds is 9. The fourth-order valence-electron chi connectivity index (χ4n) is 1.70. The Morgan fingerprint density at radius 2 is 1.95 bits per heavy atom. The van der Waals surface area contributed by atoms with Crippen LogP contribution in [0.2, 0.25) is 0 Å². The van der Waals surface area contributed by atoms with E-state index in [2.05, 4.69) is 4.72 Å². The van der Waals surface area contributed by atoms with Crippen molar-refractivity contribution < 1.29 is 23.1 Å². The average Bonchev–Trinajstić information content (AvgIpc) is 2.42. The van der Waals surface area contributed by atoms with Crippen LogP contribution in [0.25, 0.3) is 0 Å². The molecule has 0 amide bonds. The van der Waals surface area contributed by atoms with Gasteiger partial charge in [-0.3, -0.25) is 4.79 Å². The maximum Gasteiger partial charge on any atom is 0.303 e. The van der Waals surface area contributed by atoms with Crippen LogP contribution in [0, 0.1) is 0 Å². The third-order valence-electron chi connectivity index (χ3n) is 2.72. The van der Waals surface area contributed by atoms with Gasteiger partial charge in [0.2, 0.25) is 10.0 Å². The molecule has 1 aromatic rings. The lowest BCUT2D eigenvalue weighted by Gasteiger charge is -2.10. The lowest BCUT2D eigenvalue weighted by Crippen LogP contribution is -2.25. The second-order valence-electron chi connectivity index (χ2n) is 4.25. The fourth-order valence-corrected chi connectivity index (χ4v) is 2.95. The summed E-state index contributed by atoms with van der Waals surface area (Å²) in [6, 6.07) is 6.39. The molecule has 0 saturated heterocycles. The molecule has 7 heteroatoms. The smallest absolute Gasteiger partial charge is 0.303 e. The Labute approximate surface area is 118 Å². The molecule has 0 aliphatic rings. The van der Waals surface area contributed by atoms with Crippen LogP contribution in [0.15, 0.2) is 29.2 Å². The molecule has 1 aromatic carbocycles. The Balaban J connectivity index is 2.48. The van der Waals surface area contributed by atoms with E-state index in [4.69, 9.17) is 9.84 Å². The zero-order valence-electron chi connectivity index (χ0n) is 11.3. The molecule has 0 aliphatic carbocycles. The van der Waals surface area contributed by atoms with Gasteiger partial charge >= 0.3 is 5.97 Å². The van der Waals surface area contributed by atoms with Gasteiger partial charge in [0.25, 0.3) is 0 Å². The zero-order valence-corrected chi connectivity index (χ0v) is 12.1. The first-order chi connectivity index (χ1) is 9.47. The fraction of sp³-hybridized carbons (Fsp3) is 0.462. The lowest BCUT2D eigenvalue weighted by atomic mass is 10.2. The number of benzene rings is 1. The summed E-state index contributed by atoms with van der Waals surface area (Å²) in [4.78, 5) is 10.4. The molecule has 0 aliphatic heterocycles. The maximum atomic E-state index is 12.1. The highest BCUT2D eigenvalue weighted by Crippen LogP contribution is 2.22. The maximum absolute atomic E-state index is 12.1. The molecule has 0 heterocycles. The van der Waals surface area contributed by atoms with Crippen molar-refractivity contribution in [3.05, 3.63) is 24.3 Å². The molecule has 0 saturated carbocycles. The highest BCUT2D eigenvalue weighted by Gasteiger charge is 2.17. The number of ether oxygens (including phenoxy) is 1. The molecular formula is C13H19NO5S. The van der Waals surface area contributed by atoms with Gasteiger partial charge in [-0.2, -0.15) is 0 Å². The monoisotopic (exact) mass is 301 g/mol. The number of methoxy groups -OCH3 is 1. The molecule has 0 aromatic heterocycles. The minimum Gasteiger partial charge on any atom is -0.495 e. The number of carboxylic acids is 1. The van der Waals surface area contributed by atoms with E-state index in [0.717, 1.165) is 0 Å². The number of carboxylic acid groups (broad SMARTS) is 1. The number of unbranched alkanes of at least 4 members (excludes halogenated alkanes) is 2. The van der Waals surface area contributed by atoms with E-state index in [1.165, 1.54) is 13.2 Å². The normalized spacial score (nSPS) is 11.2.